The van der Waals surface area contributed by atoms with Gasteiger partial charge in [-0.05, 0) is 35.0 Å². The van der Waals surface area contributed by atoms with E-state index in [0.717, 1.165) is 10.2 Å². The summed E-state index contributed by atoms with van der Waals surface area (Å²) in [6, 6.07) is 5.02. The predicted molar refractivity (Wildman–Crippen MR) is 74.9 cm³/mol. The minimum absolute atomic E-state index is 0.0911. The Kier molecular flexibility index (Phi) is 4.06. The van der Waals surface area contributed by atoms with Crippen LogP contribution in [0.5, 0.6) is 0 Å². The smallest absolute Gasteiger partial charge is 0.274 e. The quantitative estimate of drug-likeness (QED) is 0.691. The molecule has 6 nitrogen and oxygen atoms in total. The van der Waals surface area contributed by atoms with Crippen molar-refractivity contribution in [3.8, 4) is 0 Å². The zero-order valence-electron chi connectivity index (χ0n) is 10.1. The Bertz CT molecular complexity index is 604. The van der Waals surface area contributed by atoms with Gasteiger partial charge in [0.15, 0.2) is 0 Å². The molecule has 0 bridgehead atoms. The number of nitrogens with zero attached hydrogens (tertiary/aromatic N) is 3. The fourth-order valence-corrected chi connectivity index (χ4v) is 2.20. The van der Waals surface area contributed by atoms with E-state index in [-0.39, 0.29) is 5.69 Å². The lowest BCUT2D eigenvalue weighted by Crippen LogP contribution is -2.03. The summed E-state index contributed by atoms with van der Waals surface area (Å²) in [4.78, 5) is 18.4. The highest BCUT2D eigenvalue weighted by molar-refractivity contribution is 9.10. The van der Waals surface area contributed by atoms with Crippen molar-refractivity contribution in [3.63, 3.8) is 0 Å². The Morgan fingerprint density at radius 2 is 2.26 bits per heavy atom. The normalized spacial score (nSPS) is 10.2. The van der Waals surface area contributed by atoms with Crippen molar-refractivity contribution in [3.05, 3.63) is 56.6 Å². The van der Waals surface area contributed by atoms with Crippen LogP contribution in [-0.2, 0) is 6.54 Å². The Balaban J connectivity index is 2.21. The third kappa shape index (κ3) is 3.25. The van der Waals surface area contributed by atoms with Gasteiger partial charge in [0.1, 0.15) is 6.33 Å². The second-order valence-electron chi connectivity index (χ2n) is 3.93. The van der Waals surface area contributed by atoms with Crippen molar-refractivity contribution in [2.45, 2.75) is 13.5 Å². The number of benzene rings is 1. The van der Waals surface area contributed by atoms with Gasteiger partial charge in [-0.25, -0.2) is 9.97 Å². The molecule has 1 aromatic carbocycles. The van der Waals surface area contributed by atoms with Crippen molar-refractivity contribution in [2.75, 3.05) is 5.32 Å². The average molecular weight is 323 g/mol. The number of hydrogen-bond acceptors (Lipinski definition) is 5. The van der Waals surface area contributed by atoms with E-state index in [0.29, 0.717) is 17.8 Å². The molecule has 2 aromatic rings. The molecule has 0 radical (unpaired) electrons. The van der Waals surface area contributed by atoms with Gasteiger partial charge in [0.2, 0.25) is 0 Å². The highest BCUT2D eigenvalue weighted by Gasteiger charge is 2.14. The van der Waals surface area contributed by atoms with Crippen LogP contribution >= 0.6 is 15.9 Å². The monoisotopic (exact) mass is 322 g/mol. The maximum atomic E-state index is 10.9. The van der Waals surface area contributed by atoms with Crippen LogP contribution in [0.1, 0.15) is 11.3 Å². The van der Waals surface area contributed by atoms with Gasteiger partial charge in [0.05, 0.1) is 22.8 Å². The Hall–Kier alpha value is -2.02. The lowest BCUT2D eigenvalue weighted by molar-refractivity contribution is -0.385. The fourth-order valence-electron chi connectivity index (χ4n) is 1.60. The molecule has 0 fully saturated rings. The van der Waals surface area contributed by atoms with Gasteiger partial charge in [-0.15, -0.1) is 0 Å². The zero-order valence-corrected chi connectivity index (χ0v) is 11.7. The molecule has 0 aliphatic carbocycles. The van der Waals surface area contributed by atoms with E-state index in [1.165, 1.54) is 12.4 Å². The van der Waals surface area contributed by atoms with Crippen LogP contribution in [0.25, 0.3) is 0 Å². The van der Waals surface area contributed by atoms with Crippen molar-refractivity contribution < 1.29 is 4.92 Å². The predicted octanol–water partition coefficient (Wildman–Crippen LogP) is 3.07. The second-order valence-corrected chi connectivity index (χ2v) is 4.78. The first-order chi connectivity index (χ1) is 9.08. The molecule has 1 N–H and O–H groups in total. The summed E-state index contributed by atoms with van der Waals surface area (Å²) >= 11 is 3.39. The molecule has 0 amide bonds. The molecule has 98 valence electrons. The van der Waals surface area contributed by atoms with Crippen LogP contribution in [0.4, 0.5) is 11.4 Å². The largest absolute Gasteiger partial charge is 0.378 e. The van der Waals surface area contributed by atoms with E-state index in [4.69, 9.17) is 0 Å². The van der Waals surface area contributed by atoms with Gasteiger partial charge in [0, 0.05) is 22.3 Å². The molecule has 2 rings (SSSR count). The summed E-state index contributed by atoms with van der Waals surface area (Å²) in [6.07, 6.45) is 3.11. The number of halogens is 1. The number of aryl methyl sites for hydroxylation is 1. The van der Waals surface area contributed by atoms with E-state index in [1.807, 2.05) is 0 Å². The third-order valence-electron chi connectivity index (χ3n) is 2.59. The van der Waals surface area contributed by atoms with Gasteiger partial charge < -0.3 is 5.32 Å². The van der Waals surface area contributed by atoms with Crippen molar-refractivity contribution in [2.24, 2.45) is 0 Å². The van der Waals surface area contributed by atoms with E-state index >= 15 is 0 Å². The molecule has 0 saturated heterocycles. The number of aromatic nitrogens is 2. The minimum Gasteiger partial charge on any atom is -0.378 e. The molecular formula is C12H11BrN4O2. The minimum atomic E-state index is -0.391. The highest BCUT2D eigenvalue weighted by Crippen LogP contribution is 2.30. The zero-order chi connectivity index (χ0) is 13.8. The molecule has 0 atom stereocenters. The Labute approximate surface area is 118 Å². The van der Waals surface area contributed by atoms with Gasteiger partial charge >= 0.3 is 0 Å². The lowest BCUT2D eigenvalue weighted by Gasteiger charge is -2.09. The lowest BCUT2D eigenvalue weighted by atomic mass is 10.2. The summed E-state index contributed by atoms with van der Waals surface area (Å²) < 4.78 is 0.782. The molecule has 1 heterocycles. The first-order valence-corrected chi connectivity index (χ1v) is 6.30. The molecule has 0 spiro atoms. The van der Waals surface area contributed by atoms with Crippen LogP contribution in [-0.4, -0.2) is 14.9 Å². The number of anilines is 1. The summed E-state index contributed by atoms with van der Waals surface area (Å²) in [6.45, 7) is 2.18. The first kappa shape index (κ1) is 13.4. The molecule has 0 unspecified atom stereocenters. The maximum absolute atomic E-state index is 10.9. The highest BCUT2D eigenvalue weighted by atomic mass is 79.9. The molecular weight excluding hydrogens is 312 g/mol. The standard InChI is InChI=1S/C12H11BrN4O2/c1-8-4-10(13)11(5-12(8)17(18)19)15-6-9-2-3-14-7-16-9/h2-5,7,15H,6H2,1H3. The average Bonchev–Trinajstić information content (AvgIpc) is 2.38. The summed E-state index contributed by atoms with van der Waals surface area (Å²) in [5.74, 6) is 0. The maximum Gasteiger partial charge on any atom is 0.274 e. The van der Waals surface area contributed by atoms with E-state index in [1.54, 1.807) is 25.3 Å². The number of rotatable bonds is 4. The summed E-state index contributed by atoms with van der Waals surface area (Å²) in [5.41, 5.74) is 2.18. The van der Waals surface area contributed by atoms with E-state index in [9.17, 15) is 10.1 Å². The molecule has 1 aromatic heterocycles. The molecule has 0 aliphatic rings. The van der Waals surface area contributed by atoms with E-state index < -0.39 is 4.92 Å². The molecule has 0 saturated carbocycles. The number of nitro groups is 1. The molecule has 19 heavy (non-hydrogen) atoms. The van der Waals surface area contributed by atoms with Gasteiger partial charge in [-0.1, -0.05) is 0 Å². The van der Waals surface area contributed by atoms with Gasteiger partial charge in [-0.2, -0.15) is 0 Å². The van der Waals surface area contributed by atoms with E-state index in [2.05, 4.69) is 31.2 Å². The number of nitro benzene ring substituents is 1. The summed E-state index contributed by atoms with van der Waals surface area (Å²) in [7, 11) is 0. The fraction of sp³-hybridized carbons (Fsp3) is 0.167. The van der Waals surface area contributed by atoms with Crippen LogP contribution in [0.3, 0.4) is 0 Å². The van der Waals surface area contributed by atoms with Gasteiger partial charge in [0.25, 0.3) is 5.69 Å². The number of hydrogen-bond donors (Lipinski definition) is 1. The molecule has 0 aliphatic heterocycles. The van der Waals surface area contributed by atoms with Crippen molar-refractivity contribution in [1.82, 2.24) is 9.97 Å². The molecule has 7 heteroatoms. The van der Waals surface area contributed by atoms with Crippen LogP contribution in [0, 0.1) is 17.0 Å². The second kappa shape index (κ2) is 5.75. The van der Waals surface area contributed by atoms with Crippen molar-refractivity contribution >= 4 is 27.3 Å². The first-order valence-electron chi connectivity index (χ1n) is 5.51. The van der Waals surface area contributed by atoms with Crippen LogP contribution < -0.4 is 5.32 Å². The van der Waals surface area contributed by atoms with Crippen LogP contribution in [0.2, 0.25) is 0 Å². The topological polar surface area (TPSA) is 81.0 Å². The van der Waals surface area contributed by atoms with Gasteiger partial charge in [-0.3, -0.25) is 10.1 Å². The third-order valence-corrected chi connectivity index (χ3v) is 3.24. The van der Waals surface area contributed by atoms with Crippen LogP contribution in [0.15, 0.2) is 35.2 Å². The Morgan fingerprint density at radius 1 is 1.47 bits per heavy atom. The van der Waals surface area contributed by atoms with Crippen molar-refractivity contribution in [1.29, 1.82) is 0 Å². The SMILES string of the molecule is Cc1cc(Br)c(NCc2ccncn2)cc1[N+](=O)[O-]. The summed E-state index contributed by atoms with van der Waals surface area (Å²) in [5, 5.41) is 14.0. The Morgan fingerprint density at radius 3 is 2.89 bits per heavy atom. The number of nitrogens with one attached hydrogen (secondary N) is 1.